The smallest absolute Gasteiger partial charge is 0.194 e. The van der Waals surface area contributed by atoms with Gasteiger partial charge in [0.05, 0.1) is 11.1 Å². The summed E-state index contributed by atoms with van der Waals surface area (Å²) in [6, 6.07) is 16.0. The van der Waals surface area contributed by atoms with E-state index in [1.807, 2.05) is 54.2 Å². The van der Waals surface area contributed by atoms with E-state index in [-0.39, 0.29) is 28.0 Å². The van der Waals surface area contributed by atoms with Gasteiger partial charge in [-0.2, -0.15) is 0 Å². The number of ketones is 1. The van der Waals surface area contributed by atoms with Crippen LogP contribution < -0.4 is 0 Å². The highest BCUT2D eigenvalue weighted by Gasteiger charge is 2.57. The molecule has 170 valence electrons. The van der Waals surface area contributed by atoms with Crippen molar-refractivity contribution in [3.8, 4) is 0 Å². The van der Waals surface area contributed by atoms with Gasteiger partial charge in [-0.25, -0.2) is 4.98 Å². The van der Waals surface area contributed by atoms with Crippen LogP contribution in [0.15, 0.2) is 64.7 Å². The summed E-state index contributed by atoms with van der Waals surface area (Å²) in [5.41, 5.74) is 5.59. The lowest BCUT2D eigenvalue weighted by Gasteiger charge is -2.53. The zero-order valence-electron chi connectivity index (χ0n) is 19.3. The Bertz CT molecular complexity index is 1500. The van der Waals surface area contributed by atoms with Crippen LogP contribution >= 0.6 is 23.4 Å². The molecular weight excluding hydrogens is 462 g/mol. The highest BCUT2D eigenvalue weighted by atomic mass is 35.5. The Morgan fingerprint density at radius 2 is 1.88 bits per heavy atom. The van der Waals surface area contributed by atoms with Crippen LogP contribution in [0.25, 0.3) is 22.7 Å². The predicted octanol–water partition coefficient (Wildman–Crippen LogP) is 7.58. The number of ether oxygens (including phenoxy) is 1. The minimum atomic E-state index is -0.354. The minimum absolute atomic E-state index is 0.0407. The lowest BCUT2D eigenvalue weighted by atomic mass is 9.60. The van der Waals surface area contributed by atoms with E-state index in [1.54, 1.807) is 0 Å². The number of pyridine rings is 1. The Kier molecular flexibility index (Phi) is 4.14. The van der Waals surface area contributed by atoms with Gasteiger partial charge in [-0.05, 0) is 57.4 Å². The monoisotopic (exact) mass is 485 g/mol. The van der Waals surface area contributed by atoms with Crippen LogP contribution in [0.3, 0.4) is 0 Å². The molecule has 3 nitrogen and oxygen atoms in total. The number of carbonyl (C=O) groups is 1. The van der Waals surface area contributed by atoms with Gasteiger partial charge in [0.2, 0.25) is 0 Å². The molecule has 0 saturated heterocycles. The van der Waals surface area contributed by atoms with Crippen LogP contribution in [0.1, 0.15) is 55.1 Å². The van der Waals surface area contributed by atoms with Gasteiger partial charge in [-0.1, -0.05) is 59.8 Å². The molecule has 0 N–H and O–H groups in total. The van der Waals surface area contributed by atoms with Gasteiger partial charge < -0.3 is 4.74 Å². The fourth-order valence-corrected chi connectivity index (χ4v) is 7.95. The van der Waals surface area contributed by atoms with Crippen LogP contribution in [0.5, 0.6) is 0 Å². The number of hydrogen-bond donors (Lipinski definition) is 0. The third-order valence-electron chi connectivity index (χ3n) is 8.16. The number of Topliss-reactive ketones (excluding diaryl/α,β-unsaturated/α-hetero) is 1. The lowest BCUT2D eigenvalue weighted by Crippen LogP contribution is -2.51. The van der Waals surface area contributed by atoms with Gasteiger partial charge in [-0.15, -0.1) is 0 Å². The van der Waals surface area contributed by atoms with Gasteiger partial charge in [0.25, 0.3) is 0 Å². The summed E-state index contributed by atoms with van der Waals surface area (Å²) in [4.78, 5) is 18.7. The molecule has 1 fully saturated rings. The molecule has 0 spiro atoms. The number of nitrogens with zero attached hydrogens (tertiary/aromatic N) is 1. The molecule has 3 heterocycles. The molecule has 0 amide bonds. The van der Waals surface area contributed by atoms with E-state index >= 15 is 0 Å². The number of hydrogen-bond acceptors (Lipinski definition) is 4. The first kappa shape index (κ1) is 20.8. The van der Waals surface area contributed by atoms with E-state index < -0.39 is 0 Å². The van der Waals surface area contributed by atoms with E-state index in [4.69, 9.17) is 21.3 Å². The van der Waals surface area contributed by atoms with E-state index in [0.717, 1.165) is 56.8 Å². The molecule has 1 aromatic heterocycles. The van der Waals surface area contributed by atoms with E-state index in [1.165, 1.54) is 5.57 Å². The van der Waals surface area contributed by atoms with Crippen LogP contribution in [0.2, 0.25) is 5.02 Å². The first-order valence-electron chi connectivity index (χ1n) is 11.8. The number of thioether (sulfide) groups is 1. The number of benzene rings is 2. The number of carbonyl (C=O) groups excluding carboxylic acids is 1. The highest BCUT2D eigenvalue weighted by molar-refractivity contribution is 8.01. The normalized spacial score (nSPS) is 28.4. The second-order valence-electron chi connectivity index (χ2n) is 10.6. The molecule has 2 aromatic carbocycles. The summed E-state index contributed by atoms with van der Waals surface area (Å²) in [7, 11) is 0. The highest BCUT2D eigenvalue weighted by Crippen LogP contribution is 2.62. The van der Waals surface area contributed by atoms with Crippen LogP contribution in [0, 0.1) is 11.8 Å². The van der Waals surface area contributed by atoms with E-state index in [9.17, 15) is 4.79 Å². The molecule has 34 heavy (non-hydrogen) atoms. The van der Waals surface area contributed by atoms with Crippen LogP contribution in [-0.2, 0) is 4.74 Å². The van der Waals surface area contributed by atoms with Crippen molar-refractivity contribution in [2.24, 2.45) is 11.8 Å². The standard InChI is InChI=1S/C29H24ClNO2S/c1-28(2)20-10-11-29(3)21(13-16-12-15-8-9-17(30)14-22(15)31-27(16)34-29)23(20)24-25(32)18-6-4-5-7-19(18)26(24)33-28/h4-9,12-14,20,23H,10-11H2,1-3H3. The van der Waals surface area contributed by atoms with Crippen molar-refractivity contribution in [1.82, 2.24) is 4.98 Å². The number of fused-ring (bicyclic) bond motifs is 8. The van der Waals surface area contributed by atoms with Crippen molar-refractivity contribution < 1.29 is 9.53 Å². The third kappa shape index (κ3) is 2.73. The maximum Gasteiger partial charge on any atom is 0.194 e. The molecule has 2 aliphatic heterocycles. The largest absolute Gasteiger partial charge is 0.486 e. The average molecular weight is 486 g/mol. The van der Waals surface area contributed by atoms with Crippen molar-refractivity contribution in [2.45, 2.75) is 49.0 Å². The quantitative estimate of drug-likeness (QED) is 0.329. The molecule has 5 heteroatoms. The van der Waals surface area contributed by atoms with Crippen molar-refractivity contribution in [1.29, 1.82) is 0 Å². The number of halogens is 1. The average Bonchev–Trinajstić information content (AvgIpc) is 3.07. The molecule has 3 aromatic rings. The minimum Gasteiger partial charge on any atom is -0.486 e. The van der Waals surface area contributed by atoms with Crippen molar-refractivity contribution >= 4 is 51.9 Å². The van der Waals surface area contributed by atoms with Gasteiger partial charge in [0, 0.05) is 43.7 Å². The molecular formula is C29H24ClNO2S. The van der Waals surface area contributed by atoms with Crippen LogP contribution in [-0.4, -0.2) is 21.1 Å². The molecule has 1 saturated carbocycles. The van der Waals surface area contributed by atoms with Gasteiger partial charge in [-0.3, -0.25) is 4.79 Å². The number of aromatic nitrogens is 1. The maximum atomic E-state index is 13.7. The summed E-state index contributed by atoms with van der Waals surface area (Å²) in [6.07, 6.45) is 4.36. The first-order valence-corrected chi connectivity index (χ1v) is 13.0. The molecule has 3 atom stereocenters. The zero-order chi connectivity index (χ0) is 23.4. The van der Waals surface area contributed by atoms with E-state index in [2.05, 4.69) is 32.9 Å². The summed E-state index contributed by atoms with van der Waals surface area (Å²) in [5, 5.41) is 2.82. The molecule has 3 unspecified atom stereocenters. The maximum absolute atomic E-state index is 13.7. The molecule has 7 rings (SSSR count). The summed E-state index contributed by atoms with van der Waals surface area (Å²) < 4.78 is 6.50. The summed E-state index contributed by atoms with van der Waals surface area (Å²) in [6.45, 7) is 6.69. The zero-order valence-corrected chi connectivity index (χ0v) is 20.9. The van der Waals surface area contributed by atoms with Gasteiger partial charge >= 0.3 is 0 Å². The van der Waals surface area contributed by atoms with Gasteiger partial charge in [0.15, 0.2) is 5.78 Å². The van der Waals surface area contributed by atoms with Crippen molar-refractivity contribution in [3.05, 3.63) is 81.4 Å². The Morgan fingerprint density at radius 3 is 2.71 bits per heavy atom. The second kappa shape index (κ2) is 6.77. The molecule has 2 aliphatic carbocycles. The number of rotatable bonds is 0. The number of allylic oxidation sites excluding steroid dienone is 1. The Labute approximate surface area is 208 Å². The fourth-order valence-electron chi connectivity index (χ4n) is 6.45. The van der Waals surface area contributed by atoms with E-state index in [0.29, 0.717) is 5.02 Å². The van der Waals surface area contributed by atoms with Crippen molar-refractivity contribution in [2.75, 3.05) is 0 Å². The Hall–Kier alpha value is -2.56. The summed E-state index contributed by atoms with van der Waals surface area (Å²) in [5.74, 6) is 1.21. The topological polar surface area (TPSA) is 39.2 Å². The van der Waals surface area contributed by atoms with Crippen LogP contribution in [0.4, 0.5) is 0 Å². The fraction of sp³-hybridized carbons (Fsp3) is 0.310. The SMILES string of the molecule is CC12CCC3C(C1=Cc1cc4ccc(Cl)cc4nc1S2)C1=C(OC3(C)C)c2ccccc2C1=O. The Balaban J connectivity index is 1.46. The predicted molar refractivity (Wildman–Crippen MR) is 138 cm³/mol. The van der Waals surface area contributed by atoms with Gasteiger partial charge in [0.1, 0.15) is 16.4 Å². The molecule has 0 radical (unpaired) electrons. The molecule has 0 bridgehead atoms. The van der Waals surface area contributed by atoms with Crippen molar-refractivity contribution in [3.63, 3.8) is 0 Å². The second-order valence-corrected chi connectivity index (χ2v) is 12.5. The molecule has 4 aliphatic rings. The third-order valence-corrected chi connectivity index (χ3v) is 9.81. The lowest BCUT2D eigenvalue weighted by molar-refractivity contribution is -0.0248. The summed E-state index contributed by atoms with van der Waals surface area (Å²) >= 11 is 8.08. The first-order chi connectivity index (χ1) is 16.2. The Morgan fingerprint density at radius 1 is 1.09 bits per heavy atom.